The molecule has 0 radical (unpaired) electrons. The number of hydrogen-bond acceptors (Lipinski definition) is 4. The van der Waals surface area contributed by atoms with Crippen molar-refractivity contribution in [3.8, 4) is 0 Å². The molecule has 0 amide bonds. The Labute approximate surface area is 117 Å². The zero-order chi connectivity index (χ0) is 13.5. The van der Waals surface area contributed by atoms with Crippen molar-refractivity contribution in [3.63, 3.8) is 0 Å². The van der Waals surface area contributed by atoms with Crippen LogP contribution >= 0.6 is 0 Å². The average Bonchev–Trinajstić information content (AvgIpc) is 3.04. The molecule has 2 rings (SSSR count). The molecule has 0 aliphatic carbocycles. The molecule has 2 aliphatic heterocycles. The molecule has 2 saturated heterocycles. The lowest BCUT2D eigenvalue weighted by Gasteiger charge is -2.31. The first-order chi connectivity index (χ1) is 9.35. The molecule has 0 aromatic carbocycles. The highest BCUT2D eigenvalue weighted by atomic mass is 16.5. The molecule has 0 aromatic rings. The quantitative estimate of drug-likeness (QED) is 0.675. The molecule has 112 valence electrons. The highest BCUT2D eigenvalue weighted by Crippen LogP contribution is 2.23. The van der Waals surface area contributed by atoms with Crippen LogP contribution in [0.1, 0.15) is 39.0 Å². The summed E-state index contributed by atoms with van der Waals surface area (Å²) in [5, 5.41) is 9.40. The highest BCUT2D eigenvalue weighted by molar-refractivity contribution is 4.86. The monoisotopic (exact) mass is 270 g/mol. The average molecular weight is 270 g/mol. The largest absolute Gasteiger partial charge is 0.395 e. The summed E-state index contributed by atoms with van der Waals surface area (Å²) in [6.07, 6.45) is 6.23. The summed E-state index contributed by atoms with van der Waals surface area (Å²) >= 11 is 0. The maximum Gasteiger partial charge on any atom is 0.0586 e. The maximum absolute atomic E-state index is 9.40. The maximum atomic E-state index is 9.40. The minimum Gasteiger partial charge on any atom is -0.395 e. The molecule has 2 heterocycles. The Kier molecular flexibility index (Phi) is 6.57. The van der Waals surface area contributed by atoms with Crippen LogP contribution in [0, 0.1) is 0 Å². The van der Waals surface area contributed by atoms with E-state index in [0.29, 0.717) is 18.7 Å². The Morgan fingerprint density at radius 3 is 2.58 bits per heavy atom. The van der Waals surface area contributed by atoms with Gasteiger partial charge in [0.25, 0.3) is 0 Å². The topological polar surface area (TPSA) is 35.9 Å². The third kappa shape index (κ3) is 4.42. The Balaban J connectivity index is 1.72. The minimum absolute atomic E-state index is 0.330. The van der Waals surface area contributed by atoms with Gasteiger partial charge >= 0.3 is 0 Å². The first kappa shape index (κ1) is 15.2. The van der Waals surface area contributed by atoms with Crippen LogP contribution in [0.15, 0.2) is 0 Å². The van der Waals surface area contributed by atoms with Crippen LogP contribution in [0.4, 0.5) is 0 Å². The molecule has 4 heteroatoms. The predicted octanol–water partition coefficient (Wildman–Crippen LogP) is 1.33. The van der Waals surface area contributed by atoms with Crippen LogP contribution in [0.5, 0.6) is 0 Å². The molecule has 4 nitrogen and oxygen atoms in total. The van der Waals surface area contributed by atoms with E-state index < -0.39 is 0 Å². The molecule has 0 aromatic heterocycles. The standard InChI is InChI=1S/C15H30N2O2/c1-2-19-11-5-10-16-8-3-6-14(16)12-17-9-4-7-15(17)13-18/h14-15,18H,2-13H2,1H3. The first-order valence-electron chi connectivity index (χ1n) is 8.01. The van der Waals surface area contributed by atoms with E-state index in [1.807, 2.05) is 0 Å². The minimum atomic E-state index is 0.330. The molecule has 1 N–H and O–H groups in total. The molecule has 2 atom stereocenters. The molecule has 0 spiro atoms. The van der Waals surface area contributed by atoms with Crippen LogP contribution in [0.3, 0.4) is 0 Å². The van der Waals surface area contributed by atoms with Gasteiger partial charge in [0.05, 0.1) is 6.61 Å². The van der Waals surface area contributed by atoms with Crippen molar-refractivity contribution in [2.75, 3.05) is 46.0 Å². The van der Waals surface area contributed by atoms with E-state index in [4.69, 9.17) is 4.74 Å². The Hall–Kier alpha value is -0.160. The van der Waals surface area contributed by atoms with Crippen LogP contribution in [-0.4, -0.2) is 73.0 Å². The SMILES string of the molecule is CCOCCCN1CCCC1CN1CCCC1CO. The number of aliphatic hydroxyl groups is 1. The zero-order valence-electron chi connectivity index (χ0n) is 12.4. The molecule has 0 bridgehead atoms. The van der Waals surface area contributed by atoms with E-state index in [9.17, 15) is 5.11 Å². The van der Waals surface area contributed by atoms with Gasteiger partial charge in [-0.2, -0.15) is 0 Å². The van der Waals surface area contributed by atoms with Gasteiger partial charge in [-0.3, -0.25) is 9.80 Å². The van der Waals surface area contributed by atoms with Crippen molar-refractivity contribution in [2.45, 2.75) is 51.1 Å². The van der Waals surface area contributed by atoms with Gasteiger partial charge in [-0.25, -0.2) is 0 Å². The van der Waals surface area contributed by atoms with Gasteiger partial charge < -0.3 is 9.84 Å². The summed E-state index contributed by atoms with van der Waals surface area (Å²) in [7, 11) is 0. The summed E-state index contributed by atoms with van der Waals surface area (Å²) < 4.78 is 5.43. The van der Waals surface area contributed by atoms with Gasteiger partial charge in [0.2, 0.25) is 0 Å². The van der Waals surface area contributed by atoms with Gasteiger partial charge in [0.1, 0.15) is 0 Å². The summed E-state index contributed by atoms with van der Waals surface area (Å²) in [6, 6.07) is 1.12. The van der Waals surface area contributed by atoms with E-state index in [1.165, 1.54) is 45.3 Å². The molecular formula is C15H30N2O2. The second-order valence-corrected chi connectivity index (χ2v) is 5.86. The van der Waals surface area contributed by atoms with Crippen molar-refractivity contribution < 1.29 is 9.84 Å². The first-order valence-corrected chi connectivity index (χ1v) is 8.01. The normalized spacial score (nSPS) is 29.4. The molecule has 2 aliphatic rings. The number of nitrogens with zero attached hydrogens (tertiary/aromatic N) is 2. The number of aliphatic hydroxyl groups excluding tert-OH is 1. The van der Waals surface area contributed by atoms with Crippen LogP contribution in [0.2, 0.25) is 0 Å². The van der Waals surface area contributed by atoms with E-state index in [2.05, 4.69) is 16.7 Å². The number of likely N-dealkylation sites (tertiary alicyclic amines) is 2. The molecule has 19 heavy (non-hydrogen) atoms. The zero-order valence-corrected chi connectivity index (χ0v) is 12.4. The van der Waals surface area contributed by atoms with E-state index in [-0.39, 0.29) is 0 Å². The Morgan fingerprint density at radius 2 is 1.84 bits per heavy atom. The van der Waals surface area contributed by atoms with Crippen molar-refractivity contribution in [1.29, 1.82) is 0 Å². The smallest absolute Gasteiger partial charge is 0.0586 e. The fraction of sp³-hybridized carbons (Fsp3) is 1.00. The second-order valence-electron chi connectivity index (χ2n) is 5.86. The molecule has 2 unspecified atom stereocenters. The van der Waals surface area contributed by atoms with Crippen LogP contribution in [0.25, 0.3) is 0 Å². The molecule has 2 fully saturated rings. The fourth-order valence-electron chi connectivity index (χ4n) is 3.52. The summed E-state index contributed by atoms with van der Waals surface area (Å²) in [4.78, 5) is 5.14. The third-order valence-electron chi connectivity index (χ3n) is 4.59. The van der Waals surface area contributed by atoms with Crippen molar-refractivity contribution >= 4 is 0 Å². The number of ether oxygens (including phenoxy) is 1. The lowest BCUT2D eigenvalue weighted by atomic mass is 10.2. The van der Waals surface area contributed by atoms with Gasteiger partial charge in [0.15, 0.2) is 0 Å². The predicted molar refractivity (Wildman–Crippen MR) is 77.4 cm³/mol. The highest BCUT2D eigenvalue weighted by Gasteiger charge is 2.30. The summed E-state index contributed by atoms with van der Waals surface area (Å²) in [5.74, 6) is 0. The third-order valence-corrected chi connectivity index (χ3v) is 4.59. The Morgan fingerprint density at radius 1 is 1.11 bits per heavy atom. The second kappa shape index (κ2) is 8.20. The lowest BCUT2D eigenvalue weighted by Crippen LogP contribution is -2.43. The van der Waals surface area contributed by atoms with Crippen LogP contribution in [-0.2, 0) is 4.74 Å². The number of hydrogen-bond donors (Lipinski definition) is 1. The van der Waals surface area contributed by atoms with Gasteiger partial charge in [-0.15, -0.1) is 0 Å². The molecule has 0 saturated carbocycles. The van der Waals surface area contributed by atoms with Crippen molar-refractivity contribution in [2.24, 2.45) is 0 Å². The van der Waals surface area contributed by atoms with Crippen molar-refractivity contribution in [1.82, 2.24) is 9.80 Å². The summed E-state index contributed by atoms with van der Waals surface area (Å²) in [5.41, 5.74) is 0. The molecular weight excluding hydrogens is 240 g/mol. The number of rotatable bonds is 8. The van der Waals surface area contributed by atoms with E-state index in [1.54, 1.807) is 0 Å². The van der Waals surface area contributed by atoms with Gasteiger partial charge in [-0.05, 0) is 52.1 Å². The van der Waals surface area contributed by atoms with Crippen LogP contribution < -0.4 is 0 Å². The van der Waals surface area contributed by atoms with E-state index >= 15 is 0 Å². The van der Waals surface area contributed by atoms with Crippen molar-refractivity contribution in [3.05, 3.63) is 0 Å². The van der Waals surface area contributed by atoms with Gasteiger partial charge in [-0.1, -0.05) is 0 Å². The Bertz CT molecular complexity index is 250. The lowest BCUT2D eigenvalue weighted by molar-refractivity contribution is 0.107. The summed E-state index contributed by atoms with van der Waals surface area (Å²) in [6.45, 7) is 8.85. The van der Waals surface area contributed by atoms with Gasteiger partial charge in [0, 0.05) is 38.4 Å². The fourth-order valence-corrected chi connectivity index (χ4v) is 3.52. The van der Waals surface area contributed by atoms with E-state index in [0.717, 1.165) is 26.2 Å².